The smallest absolute Gasteiger partial charge is 0.251 e. The second-order valence-electron chi connectivity index (χ2n) is 7.09. The first kappa shape index (κ1) is 14.2. The zero-order chi connectivity index (χ0) is 15.3. The molecule has 3 aliphatic carbocycles. The van der Waals surface area contributed by atoms with E-state index in [0.29, 0.717) is 18.0 Å². The Morgan fingerprint density at radius 3 is 2.77 bits per heavy atom. The van der Waals surface area contributed by atoms with Crippen LogP contribution in [-0.4, -0.2) is 39.9 Å². The minimum Gasteiger partial charge on any atom is -0.390 e. The quantitative estimate of drug-likeness (QED) is 0.777. The molecule has 5 heteroatoms. The lowest BCUT2D eigenvalue weighted by atomic mass is 9.85. The van der Waals surface area contributed by atoms with E-state index in [1.807, 2.05) is 6.07 Å². The monoisotopic (exact) mass is 302 g/mol. The highest BCUT2D eigenvalue weighted by Gasteiger charge is 2.51. The predicted octanol–water partition coefficient (Wildman–Crippen LogP) is 1.07. The van der Waals surface area contributed by atoms with E-state index in [1.165, 1.54) is 12.8 Å². The van der Waals surface area contributed by atoms with Gasteiger partial charge in [0.05, 0.1) is 12.2 Å². The zero-order valence-corrected chi connectivity index (χ0v) is 12.5. The summed E-state index contributed by atoms with van der Waals surface area (Å²) in [6, 6.07) is 3.65. The molecule has 0 spiro atoms. The van der Waals surface area contributed by atoms with Crippen molar-refractivity contribution < 1.29 is 15.0 Å². The van der Waals surface area contributed by atoms with Crippen molar-refractivity contribution in [2.75, 3.05) is 6.54 Å². The number of amides is 1. The first-order chi connectivity index (χ1) is 10.6. The summed E-state index contributed by atoms with van der Waals surface area (Å²) in [6.07, 6.45) is 4.63. The van der Waals surface area contributed by atoms with Crippen molar-refractivity contribution in [3.63, 3.8) is 0 Å². The molecule has 5 atom stereocenters. The van der Waals surface area contributed by atoms with Crippen molar-refractivity contribution in [3.05, 3.63) is 29.6 Å². The fourth-order valence-electron chi connectivity index (χ4n) is 4.18. The van der Waals surface area contributed by atoms with E-state index in [9.17, 15) is 15.0 Å². The molecule has 4 rings (SSSR count). The Bertz CT molecular complexity index is 585. The third-order valence-corrected chi connectivity index (χ3v) is 5.62. The van der Waals surface area contributed by atoms with Crippen LogP contribution in [0.4, 0.5) is 0 Å². The predicted molar refractivity (Wildman–Crippen MR) is 80.3 cm³/mol. The van der Waals surface area contributed by atoms with Crippen molar-refractivity contribution >= 4 is 5.91 Å². The van der Waals surface area contributed by atoms with E-state index in [0.717, 1.165) is 18.5 Å². The molecule has 3 saturated carbocycles. The number of nitrogens with one attached hydrogen (secondary N) is 1. The average molecular weight is 302 g/mol. The van der Waals surface area contributed by atoms with Crippen LogP contribution in [-0.2, 0) is 0 Å². The number of aliphatic hydroxyl groups excluding tert-OH is 2. The first-order valence-corrected chi connectivity index (χ1v) is 8.23. The van der Waals surface area contributed by atoms with E-state index in [1.54, 1.807) is 12.3 Å². The van der Waals surface area contributed by atoms with Crippen molar-refractivity contribution in [3.8, 4) is 0 Å². The number of pyridine rings is 1. The molecule has 2 bridgehead atoms. The molecule has 3 N–H and O–H groups in total. The normalized spacial score (nSPS) is 36.5. The van der Waals surface area contributed by atoms with Crippen LogP contribution < -0.4 is 5.32 Å². The second kappa shape index (κ2) is 5.32. The van der Waals surface area contributed by atoms with E-state index in [-0.39, 0.29) is 23.7 Å². The van der Waals surface area contributed by atoms with Crippen LogP contribution in [0.1, 0.15) is 47.7 Å². The van der Waals surface area contributed by atoms with Crippen LogP contribution in [0, 0.1) is 17.8 Å². The Morgan fingerprint density at radius 2 is 2.09 bits per heavy atom. The van der Waals surface area contributed by atoms with Crippen LogP contribution >= 0.6 is 0 Å². The number of aromatic nitrogens is 1. The van der Waals surface area contributed by atoms with Gasteiger partial charge in [-0.2, -0.15) is 0 Å². The number of aliphatic hydroxyl groups is 2. The second-order valence-corrected chi connectivity index (χ2v) is 7.09. The Labute approximate surface area is 129 Å². The lowest BCUT2D eigenvalue weighted by Crippen LogP contribution is -2.41. The summed E-state index contributed by atoms with van der Waals surface area (Å²) in [5.41, 5.74) is 1.69. The van der Waals surface area contributed by atoms with Gasteiger partial charge in [-0.3, -0.25) is 9.78 Å². The molecule has 1 aromatic heterocycles. The molecule has 0 aliphatic heterocycles. The third kappa shape index (κ3) is 2.42. The number of nitrogens with zero attached hydrogens (tertiary/aromatic N) is 1. The standard InChI is InChI=1S/C17H22N2O3/c20-15-11-5-12(13(6-11)16(15)21)8-19-17(22)10-3-4-18-14(7-10)9-1-2-9/h3-4,7,9,11-13,15-16,20-21H,1-2,5-6,8H2,(H,19,22)/t11-,12-,13-,15+,16-/m1/s1. The molecule has 0 radical (unpaired) electrons. The summed E-state index contributed by atoms with van der Waals surface area (Å²) >= 11 is 0. The maximum atomic E-state index is 12.3. The molecule has 1 aromatic rings. The lowest BCUT2D eigenvalue weighted by molar-refractivity contribution is -0.0332. The Kier molecular flexibility index (Phi) is 3.42. The SMILES string of the molecule is O=C(NC[C@H]1C[C@@H]2C[C@H]1[C@@H](O)[C@H]2O)c1ccnc(C2CC2)c1. The molecule has 22 heavy (non-hydrogen) atoms. The number of carbonyl (C=O) groups excluding carboxylic acids is 1. The van der Waals surface area contributed by atoms with Crippen molar-refractivity contribution in [2.24, 2.45) is 17.8 Å². The van der Waals surface area contributed by atoms with Gasteiger partial charge in [0.25, 0.3) is 5.91 Å². The van der Waals surface area contributed by atoms with Crippen LogP contribution in [0.3, 0.4) is 0 Å². The van der Waals surface area contributed by atoms with Gasteiger partial charge in [0, 0.05) is 29.9 Å². The number of hydrogen-bond donors (Lipinski definition) is 3. The number of rotatable bonds is 4. The molecule has 3 fully saturated rings. The maximum absolute atomic E-state index is 12.3. The van der Waals surface area contributed by atoms with E-state index >= 15 is 0 Å². The molecular weight excluding hydrogens is 280 g/mol. The Hall–Kier alpha value is -1.46. The highest BCUT2D eigenvalue weighted by Crippen LogP contribution is 2.48. The summed E-state index contributed by atoms with van der Waals surface area (Å²) in [5, 5.41) is 22.8. The molecule has 5 nitrogen and oxygen atoms in total. The van der Waals surface area contributed by atoms with Gasteiger partial charge < -0.3 is 15.5 Å². The zero-order valence-electron chi connectivity index (χ0n) is 12.5. The molecule has 1 amide bonds. The third-order valence-electron chi connectivity index (χ3n) is 5.62. The van der Waals surface area contributed by atoms with Crippen LogP contribution in [0.15, 0.2) is 18.3 Å². The van der Waals surface area contributed by atoms with Gasteiger partial charge in [-0.15, -0.1) is 0 Å². The van der Waals surface area contributed by atoms with Gasteiger partial charge in [-0.05, 0) is 55.6 Å². The van der Waals surface area contributed by atoms with E-state index in [2.05, 4.69) is 10.3 Å². The first-order valence-electron chi connectivity index (χ1n) is 8.23. The molecule has 118 valence electrons. The summed E-state index contributed by atoms with van der Waals surface area (Å²) in [4.78, 5) is 16.6. The van der Waals surface area contributed by atoms with Crippen molar-refractivity contribution in [1.29, 1.82) is 0 Å². The Morgan fingerprint density at radius 1 is 1.27 bits per heavy atom. The Balaban J connectivity index is 1.36. The maximum Gasteiger partial charge on any atom is 0.251 e. The largest absolute Gasteiger partial charge is 0.390 e. The molecule has 0 unspecified atom stereocenters. The van der Waals surface area contributed by atoms with Crippen LogP contribution in [0.25, 0.3) is 0 Å². The molecular formula is C17H22N2O3. The summed E-state index contributed by atoms with van der Waals surface area (Å²) in [6.45, 7) is 0.574. The molecule has 0 aromatic carbocycles. The lowest BCUT2D eigenvalue weighted by Gasteiger charge is -2.29. The summed E-state index contributed by atoms with van der Waals surface area (Å²) in [5.74, 6) is 1.07. The van der Waals surface area contributed by atoms with Crippen molar-refractivity contribution in [1.82, 2.24) is 10.3 Å². The highest BCUT2D eigenvalue weighted by molar-refractivity contribution is 5.94. The average Bonchev–Trinajstić information content (AvgIpc) is 3.25. The molecule has 1 heterocycles. The summed E-state index contributed by atoms with van der Waals surface area (Å²) < 4.78 is 0. The summed E-state index contributed by atoms with van der Waals surface area (Å²) in [7, 11) is 0. The van der Waals surface area contributed by atoms with Crippen molar-refractivity contribution in [2.45, 2.75) is 43.8 Å². The van der Waals surface area contributed by atoms with Gasteiger partial charge >= 0.3 is 0 Å². The topological polar surface area (TPSA) is 82.5 Å². The molecule has 0 saturated heterocycles. The number of fused-ring (bicyclic) bond motifs is 2. The molecule has 3 aliphatic rings. The fourth-order valence-corrected chi connectivity index (χ4v) is 4.18. The minimum absolute atomic E-state index is 0.0675. The van der Waals surface area contributed by atoms with Gasteiger partial charge in [0.2, 0.25) is 0 Å². The fraction of sp³-hybridized carbons (Fsp3) is 0.647. The van der Waals surface area contributed by atoms with Gasteiger partial charge in [0.1, 0.15) is 0 Å². The van der Waals surface area contributed by atoms with Gasteiger partial charge in [0.15, 0.2) is 0 Å². The van der Waals surface area contributed by atoms with Crippen LogP contribution in [0.5, 0.6) is 0 Å². The van der Waals surface area contributed by atoms with E-state index in [4.69, 9.17) is 0 Å². The minimum atomic E-state index is -0.622. The van der Waals surface area contributed by atoms with Gasteiger partial charge in [-0.25, -0.2) is 0 Å². The van der Waals surface area contributed by atoms with Gasteiger partial charge in [-0.1, -0.05) is 0 Å². The van der Waals surface area contributed by atoms with E-state index < -0.39 is 12.2 Å². The number of carbonyl (C=O) groups is 1. The van der Waals surface area contributed by atoms with Crippen LogP contribution in [0.2, 0.25) is 0 Å². The highest BCUT2D eigenvalue weighted by atomic mass is 16.3. The number of hydrogen-bond acceptors (Lipinski definition) is 4.